The van der Waals surface area contributed by atoms with Gasteiger partial charge < -0.3 is 0 Å². The Balaban J connectivity index is 0.000000400. The third-order valence-corrected chi connectivity index (χ3v) is 4.19. The minimum Gasteiger partial charge on any atom is -0.214 e. The molecule has 0 unspecified atom stereocenters. The van der Waals surface area contributed by atoms with Crippen molar-refractivity contribution >= 4 is 11.8 Å². The van der Waals surface area contributed by atoms with E-state index in [0.29, 0.717) is 0 Å². The molecule has 0 bridgehead atoms. The second kappa shape index (κ2) is 16.3. The van der Waals surface area contributed by atoms with Gasteiger partial charge in [0.1, 0.15) is 0 Å². The third kappa shape index (κ3) is 11.9. The van der Waals surface area contributed by atoms with Crippen LogP contribution in [0, 0.1) is 0 Å². The van der Waals surface area contributed by atoms with Crippen molar-refractivity contribution in [3.05, 3.63) is 120 Å². The minimum absolute atomic E-state index is 0. The molecule has 0 fully saturated rings. The number of hydrogen-bond acceptors (Lipinski definition) is 1. The maximum absolute atomic E-state index is 2.18. The first-order chi connectivity index (χ1) is 11.4. The second-order valence-corrected chi connectivity index (χ2v) is 5.99. The maximum Gasteiger partial charge on any atom is 0 e. The molecule has 0 heterocycles. The van der Waals surface area contributed by atoms with Gasteiger partial charge in [-0.3, -0.25) is 0 Å². The normalized spacial score (nSPS) is 8.64. The smallest absolute Gasteiger partial charge is 0 e. The van der Waals surface area contributed by atoms with Crippen LogP contribution in [0.4, 0.5) is 0 Å². The molecule has 3 heteroatoms. The van der Waals surface area contributed by atoms with Crippen LogP contribution in [0.5, 0.6) is 0 Å². The molecule has 0 aliphatic carbocycles. The van der Waals surface area contributed by atoms with Gasteiger partial charge in [-0.1, -0.05) is 0 Å². The van der Waals surface area contributed by atoms with Crippen LogP contribution >= 0.6 is 11.8 Å². The quantitative estimate of drug-likeness (QED) is 0.268. The van der Waals surface area contributed by atoms with Crippen molar-refractivity contribution < 1.29 is 34.1 Å². The topological polar surface area (TPSA) is 0 Å². The predicted octanol–water partition coefficient (Wildman–Crippen LogP) is 6.36. The molecular weight excluding hydrogens is 408 g/mol. The van der Waals surface area contributed by atoms with Gasteiger partial charge >= 0.3 is 0 Å². The zero-order chi connectivity index (χ0) is 16.0. The predicted molar refractivity (Wildman–Crippen MR) is 103 cm³/mol. The van der Waals surface area contributed by atoms with E-state index in [9.17, 15) is 0 Å². The molecular formula is C22H22Fe2S-4. The molecule has 25 heavy (non-hydrogen) atoms. The van der Waals surface area contributed by atoms with E-state index in [1.165, 1.54) is 11.1 Å². The van der Waals surface area contributed by atoms with Crippen molar-refractivity contribution in [2.24, 2.45) is 0 Å². The van der Waals surface area contributed by atoms with E-state index in [2.05, 4.69) is 48.5 Å². The summed E-state index contributed by atoms with van der Waals surface area (Å²) in [5.41, 5.74) is 2.85. The summed E-state index contributed by atoms with van der Waals surface area (Å²) in [4.78, 5) is 0. The molecule has 0 radical (unpaired) electrons. The fraction of sp³-hybridized carbons (Fsp3) is 0.0909. The molecule has 0 aromatic heterocycles. The van der Waals surface area contributed by atoms with Crippen molar-refractivity contribution in [3.63, 3.8) is 0 Å². The van der Waals surface area contributed by atoms with Gasteiger partial charge in [0.2, 0.25) is 0 Å². The molecule has 4 aromatic carbocycles. The van der Waals surface area contributed by atoms with E-state index in [0.717, 1.165) is 11.5 Å². The van der Waals surface area contributed by atoms with Gasteiger partial charge in [0, 0.05) is 34.1 Å². The second-order valence-electron chi connectivity index (χ2n) is 5.00. The molecule has 0 saturated heterocycles. The van der Waals surface area contributed by atoms with Gasteiger partial charge in [-0.05, 0) is 11.5 Å². The Bertz CT molecular complexity index is 553. The largest absolute Gasteiger partial charge is 0.214 e. The Labute approximate surface area is 177 Å². The van der Waals surface area contributed by atoms with E-state index in [-0.39, 0.29) is 34.1 Å². The van der Waals surface area contributed by atoms with Gasteiger partial charge in [-0.15, -0.1) is 11.1 Å². The van der Waals surface area contributed by atoms with Crippen LogP contribution in [-0.2, 0) is 45.6 Å². The monoisotopic (exact) mass is 430 g/mol. The Morgan fingerprint density at radius 2 is 0.840 bits per heavy atom. The molecule has 136 valence electrons. The Morgan fingerprint density at radius 3 is 1.08 bits per heavy atom. The van der Waals surface area contributed by atoms with Crippen molar-refractivity contribution in [3.8, 4) is 0 Å². The summed E-state index contributed by atoms with van der Waals surface area (Å²) in [5, 5.41) is 0. The van der Waals surface area contributed by atoms with Crippen LogP contribution in [0.2, 0.25) is 0 Å². The molecule has 0 spiro atoms. The van der Waals surface area contributed by atoms with Gasteiger partial charge in [-0.2, -0.15) is 72.4 Å². The first-order valence-electron chi connectivity index (χ1n) is 7.77. The molecule has 0 aliphatic rings. The number of thioether (sulfide) groups is 1. The van der Waals surface area contributed by atoms with Crippen LogP contribution in [0.1, 0.15) is 11.1 Å². The van der Waals surface area contributed by atoms with Gasteiger partial charge in [0.25, 0.3) is 0 Å². The summed E-state index contributed by atoms with van der Waals surface area (Å²) in [6.45, 7) is 0. The maximum atomic E-state index is 2.18. The number of hydrogen-bond donors (Lipinski definition) is 0. The minimum atomic E-state index is 0. The van der Waals surface area contributed by atoms with Gasteiger partial charge in [0.05, 0.1) is 0 Å². The third-order valence-electron chi connectivity index (χ3n) is 3.11. The van der Waals surface area contributed by atoms with E-state index in [4.69, 9.17) is 0 Å². The van der Waals surface area contributed by atoms with E-state index in [1.807, 2.05) is 72.4 Å². The van der Waals surface area contributed by atoms with Crippen LogP contribution < -0.4 is 0 Å². The fourth-order valence-electron chi connectivity index (χ4n) is 1.95. The molecule has 0 atom stereocenters. The molecule has 0 saturated carbocycles. The zero-order valence-corrected chi connectivity index (χ0v) is 16.9. The Kier molecular flexibility index (Phi) is 15.5. The van der Waals surface area contributed by atoms with Crippen molar-refractivity contribution in [2.45, 2.75) is 11.5 Å². The van der Waals surface area contributed by atoms with E-state index >= 15 is 0 Å². The SMILES string of the molecule is [Fe].[Fe].c1cc[c-](CSC[c-]2cccc2)c1.c1cc[cH-]c1.c1cc[cH-]c1. The first-order valence-corrected chi connectivity index (χ1v) is 8.93. The van der Waals surface area contributed by atoms with Crippen molar-refractivity contribution in [1.82, 2.24) is 0 Å². The van der Waals surface area contributed by atoms with Crippen LogP contribution in [-0.4, -0.2) is 0 Å². The van der Waals surface area contributed by atoms with Crippen LogP contribution in [0.15, 0.2) is 109 Å². The first kappa shape index (κ1) is 23.8. The average Bonchev–Trinajstić information content (AvgIpc) is 3.39. The van der Waals surface area contributed by atoms with E-state index < -0.39 is 0 Å². The summed E-state index contributed by atoms with van der Waals surface area (Å²) in [7, 11) is 0. The summed E-state index contributed by atoms with van der Waals surface area (Å²) < 4.78 is 0. The zero-order valence-electron chi connectivity index (χ0n) is 13.9. The number of rotatable bonds is 4. The molecule has 0 nitrogen and oxygen atoms in total. The molecule has 0 amide bonds. The summed E-state index contributed by atoms with van der Waals surface area (Å²) >= 11 is 1.97. The molecule has 4 rings (SSSR count). The summed E-state index contributed by atoms with van der Waals surface area (Å²) in [6.07, 6.45) is 0. The summed E-state index contributed by atoms with van der Waals surface area (Å²) in [6, 6.07) is 37.1. The van der Waals surface area contributed by atoms with Crippen molar-refractivity contribution in [1.29, 1.82) is 0 Å². The molecule has 0 aliphatic heterocycles. The van der Waals surface area contributed by atoms with Crippen LogP contribution in [0.25, 0.3) is 0 Å². The van der Waals surface area contributed by atoms with Crippen LogP contribution in [0.3, 0.4) is 0 Å². The molecule has 0 N–H and O–H groups in total. The Morgan fingerprint density at radius 1 is 0.520 bits per heavy atom. The average molecular weight is 430 g/mol. The fourth-order valence-corrected chi connectivity index (χ4v) is 2.91. The molecule has 4 aromatic rings. The van der Waals surface area contributed by atoms with Crippen molar-refractivity contribution in [2.75, 3.05) is 0 Å². The van der Waals surface area contributed by atoms with Gasteiger partial charge in [0.15, 0.2) is 0 Å². The standard InChI is InChI=1S/C12H12S.2C5H5.2Fe/c1-2-6-11(5-1)9-13-10-12-7-3-4-8-12;2*1-2-4-5-3-1;;/h1-8H,9-10H2;2*1-5H;;/q-2;2*-1;;. The summed E-state index contributed by atoms with van der Waals surface area (Å²) in [5.74, 6) is 2.25. The Hall–Kier alpha value is -1.21. The van der Waals surface area contributed by atoms with E-state index in [1.54, 1.807) is 0 Å². The van der Waals surface area contributed by atoms with Gasteiger partial charge in [-0.25, -0.2) is 48.5 Å².